The van der Waals surface area contributed by atoms with Crippen LogP contribution < -0.4 is 0 Å². The van der Waals surface area contributed by atoms with Crippen molar-refractivity contribution in [3.8, 4) is 11.5 Å². The van der Waals surface area contributed by atoms with Crippen LogP contribution in [0.4, 0.5) is 0 Å². The number of hydrogen-bond donors (Lipinski definition) is 2. The highest BCUT2D eigenvalue weighted by Crippen LogP contribution is 2.32. The normalized spacial score (nSPS) is 16.5. The maximum absolute atomic E-state index is 11.3. The highest BCUT2D eigenvalue weighted by Gasteiger charge is 2.22. The molecule has 0 bridgehead atoms. The van der Waals surface area contributed by atoms with Gasteiger partial charge in [-0.2, -0.15) is 0 Å². The average Bonchev–Trinajstić information content (AvgIpc) is 2.72. The first-order chi connectivity index (χ1) is 14.4. The molecule has 1 saturated carbocycles. The molecule has 0 radical (unpaired) electrons. The van der Waals surface area contributed by atoms with Crippen LogP contribution in [0.1, 0.15) is 95.6 Å². The summed E-state index contributed by atoms with van der Waals surface area (Å²) in [6.07, 6.45) is 13.4. The predicted molar refractivity (Wildman–Crippen MR) is 124 cm³/mol. The van der Waals surface area contributed by atoms with Crippen LogP contribution in [-0.4, -0.2) is 16.0 Å². The number of rotatable bonds is 2. The summed E-state index contributed by atoms with van der Waals surface area (Å²) in [4.78, 5) is 11.3. The molecule has 0 aliphatic heterocycles. The molecule has 1 fully saturated rings. The summed E-state index contributed by atoms with van der Waals surface area (Å²) in [5, 5.41) is 18.6. The fourth-order valence-corrected chi connectivity index (χ4v) is 3.93. The van der Waals surface area contributed by atoms with Crippen molar-refractivity contribution in [2.45, 2.75) is 89.9 Å². The summed E-state index contributed by atoms with van der Waals surface area (Å²) in [5.74, 6) is 1.05. The lowest BCUT2D eigenvalue weighted by molar-refractivity contribution is -0.119. The van der Waals surface area contributed by atoms with Crippen molar-refractivity contribution in [2.75, 3.05) is 0 Å². The fourth-order valence-electron chi connectivity index (χ4n) is 3.93. The first kappa shape index (κ1) is 24.0. The van der Waals surface area contributed by atoms with Gasteiger partial charge in [-0.25, -0.2) is 0 Å². The molecular weight excluding hydrogens is 372 g/mol. The molecule has 0 spiro atoms. The van der Waals surface area contributed by atoms with E-state index in [1.54, 1.807) is 24.3 Å². The van der Waals surface area contributed by atoms with Crippen molar-refractivity contribution in [2.24, 2.45) is 0 Å². The second-order valence-corrected chi connectivity index (χ2v) is 8.94. The zero-order chi connectivity index (χ0) is 21.8. The zero-order valence-corrected chi connectivity index (χ0v) is 18.7. The minimum Gasteiger partial charge on any atom is -0.508 e. The van der Waals surface area contributed by atoms with Crippen molar-refractivity contribution in [3.63, 3.8) is 0 Å². The Hall–Kier alpha value is -2.29. The van der Waals surface area contributed by atoms with Gasteiger partial charge in [-0.3, -0.25) is 4.79 Å². The first-order valence-electron chi connectivity index (χ1n) is 11.5. The van der Waals surface area contributed by atoms with Crippen LogP contribution >= 0.6 is 0 Å². The molecule has 1 aliphatic carbocycles. The van der Waals surface area contributed by atoms with E-state index in [-0.39, 0.29) is 16.9 Å². The van der Waals surface area contributed by atoms with Gasteiger partial charge >= 0.3 is 0 Å². The van der Waals surface area contributed by atoms with E-state index in [9.17, 15) is 15.0 Å². The van der Waals surface area contributed by atoms with Crippen LogP contribution in [0.5, 0.6) is 11.5 Å². The molecule has 0 amide bonds. The Kier molecular flexibility index (Phi) is 9.93. The Bertz CT molecular complexity index is 683. The number of benzene rings is 2. The molecule has 2 N–H and O–H groups in total. The minimum atomic E-state index is -0.151. The Morgan fingerprint density at radius 1 is 0.567 bits per heavy atom. The lowest BCUT2D eigenvalue weighted by Crippen LogP contribution is -2.18. The third-order valence-corrected chi connectivity index (χ3v) is 6.09. The SMILES string of the molecule is CC(C)(c1ccc(O)cc1)c1ccc(O)cc1.O=C1CCCCCCCCCCC1. The highest BCUT2D eigenvalue weighted by molar-refractivity contribution is 5.78. The van der Waals surface area contributed by atoms with Crippen molar-refractivity contribution < 1.29 is 15.0 Å². The van der Waals surface area contributed by atoms with Gasteiger partial charge in [-0.1, -0.05) is 83.1 Å². The zero-order valence-electron chi connectivity index (χ0n) is 18.7. The minimum absolute atomic E-state index is 0.151. The number of hydrogen-bond acceptors (Lipinski definition) is 3. The molecule has 30 heavy (non-hydrogen) atoms. The number of carbonyl (C=O) groups is 1. The van der Waals surface area contributed by atoms with E-state index in [2.05, 4.69) is 13.8 Å². The van der Waals surface area contributed by atoms with Crippen molar-refractivity contribution in [3.05, 3.63) is 59.7 Å². The van der Waals surface area contributed by atoms with E-state index in [1.807, 2.05) is 24.3 Å². The van der Waals surface area contributed by atoms with Gasteiger partial charge in [0, 0.05) is 18.3 Å². The average molecular weight is 411 g/mol. The Labute approximate surface area is 182 Å². The molecule has 0 heterocycles. The van der Waals surface area contributed by atoms with Gasteiger partial charge in [-0.15, -0.1) is 0 Å². The van der Waals surface area contributed by atoms with E-state index in [1.165, 1.54) is 44.9 Å². The molecule has 3 heteroatoms. The van der Waals surface area contributed by atoms with Crippen molar-refractivity contribution in [1.82, 2.24) is 0 Å². The fraction of sp³-hybridized carbons (Fsp3) is 0.519. The van der Waals surface area contributed by atoms with Gasteiger partial charge in [-0.05, 0) is 48.2 Å². The van der Waals surface area contributed by atoms with Crippen LogP contribution in [0.15, 0.2) is 48.5 Å². The molecule has 1 aliphatic rings. The number of phenols is 2. The first-order valence-corrected chi connectivity index (χ1v) is 11.5. The van der Waals surface area contributed by atoms with Crippen LogP contribution in [-0.2, 0) is 10.2 Å². The summed E-state index contributed by atoms with van der Waals surface area (Å²) in [6, 6.07) is 14.4. The molecule has 0 aromatic heterocycles. The second-order valence-electron chi connectivity index (χ2n) is 8.94. The molecule has 164 valence electrons. The summed E-state index contributed by atoms with van der Waals surface area (Å²) in [6.45, 7) is 4.23. The number of aromatic hydroxyl groups is 2. The van der Waals surface area contributed by atoms with Crippen LogP contribution in [0, 0.1) is 0 Å². The molecule has 3 nitrogen and oxygen atoms in total. The standard InChI is InChI=1S/C15H16O2.C12H22O/c1-15(2,11-3-7-13(16)8-4-11)12-5-9-14(17)10-6-12;13-12-10-8-6-4-2-1-3-5-7-9-11-12/h3-10,16-17H,1-2H3;1-11H2. The van der Waals surface area contributed by atoms with Crippen LogP contribution in [0.25, 0.3) is 0 Å². The number of ketones is 1. The van der Waals surface area contributed by atoms with Crippen LogP contribution in [0.3, 0.4) is 0 Å². The van der Waals surface area contributed by atoms with Crippen molar-refractivity contribution in [1.29, 1.82) is 0 Å². The van der Waals surface area contributed by atoms with Gasteiger partial charge in [0.15, 0.2) is 0 Å². The molecule has 0 unspecified atom stereocenters. The predicted octanol–water partition coefficient (Wildman–Crippen LogP) is 7.28. The maximum Gasteiger partial charge on any atom is 0.132 e. The Balaban J connectivity index is 0.000000222. The largest absolute Gasteiger partial charge is 0.508 e. The number of phenolic OH excluding ortho intramolecular Hbond substituents is 2. The molecule has 0 atom stereocenters. The Morgan fingerprint density at radius 2 is 0.867 bits per heavy atom. The molecule has 3 rings (SSSR count). The van der Waals surface area contributed by atoms with E-state index < -0.39 is 0 Å². The summed E-state index contributed by atoms with van der Waals surface area (Å²) >= 11 is 0. The topological polar surface area (TPSA) is 57.5 Å². The molecular formula is C27H38O3. The maximum atomic E-state index is 11.3. The lowest BCUT2D eigenvalue weighted by atomic mass is 9.78. The molecule has 2 aromatic carbocycles. The molecule has 0 saturated heterocycles. The quantitative estimate of drug-likeness (QED) is 0.547. The van der Waals surface area contributed by atoms with Gasteiger partial charge in [0.05, 0.1) is 0 Å². The molecule has 2 aromatic rings. The van der Waals surface area contributed by atoms with Gasteiger partial charge < -0.3 is 10.2 Å². The van der Waals surface area contributed by atoms with Crippen molar-refractivity contribution >= 4 is 5.78 Å². The van der Waals surface area contributed by atoms with E-state index in [0.29, 0.717) is 5.78 Å². The lowest BCUT2D eigenvalue weighted by Gasteiger charge is -2.26. The van der Waals surface area contributed by atoms with E-state index in [4.69, 9.17) is 0 Å². The smallest absolute Gasteiger partial charge is 0.132 e. The van der Waals surface area contributed by atoms with Gasteiger partial charge in [0.1, 0.15) is 17.3 Å². The third kappa shape index (κ3) is 8.22. The van der Waals surface area contributed by atoms with Gasteiger partial charge in [0.2, 0.25) is 0 Å². The summed E-state index contributed by atoms with van der Waals surface area (Å²) in [7, 11) is 0. The summed E-state index contributed by atoms with van der Waals surface area (Å²) in [5.41, 5.74) is 2.10. The number of Topliss-reactive ketones (excluding diaryl/α,β-unsaturated/α-hetero) is 1. The van der Waals surface area contributed by atoms with E-state index >= 15 is 0 Å². The van der Waals surface area contributed by atoms with Crippen LogP contribution in [0.2, 0.25) is 0 Å². The second kappa shape index (κ2) is 12.4. The summed E-state index contributed by atoms with van der Waals surface area (Å²) < 4.78 is 0. The highest BCUT2D eigenvalue weighted by atomic mass is 16.3. The van der Waals surface area contributed by atoms with Gasteiger partial charge in [0.25, 0.3) is 0 Å². The third-order valence-electron chi connectivity index (χ3n) is 6.09. The Morgan fingerprint density at radius 3 is 1.20 bits per heavy atom. The van der Waals surface area contributed by atoms with E-state index in [0.717, 1.165) is 36.8 Å². The monoisotopic (exact) mass is 410 g/mol. The number of carbonyl (C=O) groups excluding carboxylic acids is 1.